The summed E-state index contributed by atoms with van der Waals surface area (Å²) in [6.45, 7) is 4.55. The average Bonchev–Trinajstić information content (AvgIpc) is 2.27. The van der Waals surface area contributed by atoms with Crippen LogP contribution in [0.1, 0.15) is 38.8 Å². The predicted molar refractivity (Wildman–Crippen MR) is 71.8 cm³/mol. The Labute approximate surface area is 108 Å². The third kappa shape index (κ3) is 3.22. The fraction of sp³-hybridized carbons (Fsp3) is 0.571. The van der Waals surface area contributed by atoms with Crippen LogP contribution in [0.3, 0.4) is 0 Å². The molecule has 1 aromatic heterocycles. The molecule has 2 rings (SSSR count). The van der Waals surface area contributed by atoms with Gasteiger partial charge in [0.05, 0.1) is 6.10 Å². The van der Waals surface area contributed by atoms with Crippen LogP contribution in [0.15, 0.2) is 18.3 Å². The first-order chi connectivity index (χ1) is 8.54. The van der Waals surface area contributed by atoms with Gasteiger partial charge in [0, 0.05) is 12.3 Å². The van der Waals surface area contributed by atoms with Gasteiger partial charge in [0.2, 0.25) is 0 Å². The van der Waals surface area contributed by atoms with Gasteiger partial charge in [0.1, 0.15) is 17.3 Å². The summed E-state index contributed by atoms with van der Waals surface area (Å²) >= 11 is 0. The van der Waals surface area contributed by atoms with Crippen molar-refractivity contribution < 1.29 is 4.74 Å². The van der Waals surface area contributed by atoms with Gasteiger partial charge in [-0.1, -0.05) is 13.8 Å². The van der Waals surface area contributed by atoms with Crippen molar-refractivity contribution in [3.05, 3.63) is 24.0 Å². The predicted octanol–water partition coefficient (Wildman–Crippen LogP) is 2.57. The SMILES string of the molecule is CC1CC(C)CC(Oc2ccnc(C(=N)N)c2)C1. The molecule has 1 aliphatic carbocycles. The van der Waals surface area contributed by atoms with Crippen LogP contribution < -0.4 is 10.5 Å². The number of nitrogens with one attached hydrogen (secondary N) is 1. The van der Waals surface area contributed by atoms with Crippen molar-refractivity contribution in [2.75, 3.05) is 0 Å². The first-order valence-electron chi connectivity index (χ1n) is 6.51. The Balaban J connectivity index is 2.04. The quantitative estimate of drug-likeness (QED) is 0.637. The summed E-state index contributed by atoms with van der Waals surface area (Å²) in [7, 11) is 0. The molecule has 3 N–H and O–H groups in total. The Morgan fingerprint density at radius 1 is 1.33 bits per heavy atom. The van der Waals surface area contributed by atoms with E-state index in [1.165, 1.54) is 6.42 Å². The number of amidine groups is 1. The van der Waals surface area contributed by atoms with Gasteiger partial charge in [-0.15, -0.1) is 0 Å². The van der Waals surface area contributed by atoms with Gasteiger partial charge in [-0.2, -0.15) is 0 Å². The number of hydrogen-bond acceptors (Lipinski definition) is 3. The molecule has 1 aliphatic rings. The zero-order valence-electron chi connectivity index (χ0n) is 11.0. The summed E-state index contributed by atoms with van der Waals surface area (Å²) in [5.41, 5.74) is 5.90. The molecule has 18 heavy (non-hydrogen) atoms. The number of nitrogens with two attached hydrogens (primary N) is 1. The molecule has 4 heteroatoms. The van der Waals surface area contributed by atoms with Crippen LogP contribution in [0.2, 0.25) is 0 Å². The molecular formula is C14H21N3O. The average molecular weight is 247 g/mol. The maximum Gasteiger partial charge on any atom is 0.141 e. The van der Waals surface area contributed by atoms with Crippen molar-refractivity contribution in [2.24, 2.45) is 17.6 Å². The lowest BCUT2D eigenvalue weighted by molar-refractivity contribution is 0.101. The second-order valence-corrected chi connectivity index (χ2v) is 5.45. The van der Waals surface area contributed by atoms with E-state index in [2.05, 4.69) is 18.8 Å². The van der Waals surface area contributed by atoms with E-state index in [9.17, 15) is 0 Å². The standard InChI is InChI=1S/C14H21N3O/c1-9-5-10(2)7-12(6-9)18-11-3-4-17-13(8-11)14(15)16/h3-4,8-10,12H,5-7H2,1-2H3,(H3,15,16). The first kappa shape index (κ1) is 12.9. The molecule has 2 atom stereocenters. The summed E-state index contributed by atoms with van der Waals surface area (Å²) in [4.78, 5) is 4.03. The summed E-state index contributed by atoms with van der Waals surface area (Å²) in [5, 5.41) is 7.38. The number of rotatable bonds is 3. The monoisotopic (exact) mass is 247 g/mol. The third-order valence-electron chi connectivity index (χ3n) is 3.45. The molecule has 0 amide bonds. The molecule has 0 radical (unpaired) electrons. The molecule has 98 valence electrons. The van der Waals surface area contributed by atoms with E-state index < -0.39 is 0 Å². The minimum atomic E-state index is -0.0224. The number of nitrogens with zero attached hydrogens (tertiary/aromatic N) is 1. The molecule has 0 saturated heterocycles. The van der Waals surface area contributed by atoms with E-state index in [0.29, 0.717) is 17.5 Å². The van der Waals surface area contributed by atoms with E-state index in [1.54, 1.807) is 12.3 Å². The first-order valence-corrected chi connectivity index (χ1v) is 6.51. The second kappa shape index (κ2) is 5.38. The molecule has 1 saturated carbocycles. The third-order valence-corrected chi connectivity index (χ3v) is 3.45. The molecule has 1 aromatic rings. The molecule has 1 heterocycles. The highest BCUT2D eigenvalue weighted by atomic mass is 16.5. The Kier molecular flexibility index (Phi) is 3.84. The van der Waals surface area contributed by atoms with Gasteiger partial charge >= 0.3 is 0 Å². The lowest BCUT2D eigenvalue weighted by atomic mass is 9.82. The Hall–Kier alpha value is -1.58. The van der Waals surface area contributed by atoms with E-state index in [0.717, 1.165) is 18.6 Å². The van der Waals surface area contributed by atoms with Gasteiger partial charge in [-0.3, -0.25) is 10.4 Å². The number of pyridine rings is 1. The van der Waals surface area contributed by atoms with Crippen LogP contribution in [0, 0.1) is 17.2 Å². The van der Waals surface area contributed by atoms with Gasteiger partial charge in [0.25, 0.3) is 0 Å². The minimum absolute atomic E-state index is 0.0224. The van der Waals surface area contributed by atoms with Crippen LogP contribution in [-0.4, -0.2) is 16.9 Å². The van der Waals surface area contributed by atoms with Crippen molar-refractivity contribution in [1.29, 1.82) is 5.41 Å². The Morgan fingerprint density at radius 2 is 2.00 bits per heavy atom. The lowest BCUT2D eigenvalue weighted by Gasteiger charge is -2.31. The maximum absolute atomic E-state index is 7.38. The van der Waals surface area contributed by atoms with E-state index in [1.807, 2.05) is 6.07 Å². The highest BCUT2D eigenvalue weighted by Crippen LogP contribution is 2.31. The van der Waals surface area contributed by atoms with Gasteiger partial charge in [-0.25, -0.2) is 0 Å². The zero-order valence-corrected chi connectivity index (χ0v) is 11.0. The fourth-order valence-electron chi connectivity index (χ4n) is 2.79. The van der Waals surface area contributed by atoms with Crippen molar-refractivity contribution in [3.8, 4) is 5.75 Å². The number of ether oxygens (including phenoxy) is 1. The van der Waals surface area contributed by atoms with Gasteiger partial charge in [0.15, 0.2) is 0 Å². The van der Waals surface area contributed by atoms with Crippen LogP contribution >= 0.6 is 0 Å². The van der Waals surface area contributed by atoms with E-state index in [4.69, 9.17) is 15.9 Å². The second-order valence-electron chi connectivity index (χ2n) is 5.45. The Bertz CT molecular complexity index is 423. The van der Waals surface area contributed by atoms with E-state index in [-0.39, 0.29) is 11.9 Å². The van der Waals surface area contributed by atoms with Gasteiger partial charge in [-0.05, 0) is 37.2 Å². The molecule has 0 aromatic carbocycles. The number of hydrogen-bond donors (Lipinski definition) is 2. The fourth-order valence-corrected chi connectivity index (χ4v) is 2.79. The highest BCUT2D eigenvalue weighted by molar-refractivity contribution is 5.93. The zero-order chi connectivity index (χ0) is 13.1. The van der Waals surface area contributed by atoms with Gasteiger partial charge < -0.3 is 10.5 Å². The molecular weight excluding hydrogens is 226 g/mol. The molecule has 4 nitrogen and oxygen atoms in total. The summed E-state index contributed by atoms with van der Waals surface area (Å²) < 4.78 is 5.99. The normalized spacial score (nSPS) is 27.8. The van der Waals surface area contributed by atoms with Crippen molar-refractivity contribution in [1.82, 2.24) is 4.98 Å². The van der Waals surface area contributed by atoms with Crippen molar-refractivity contribution in [3.63, 3.8) is 0 Å². The minimum Gasteiger partial charge on any atom is -0.490 e. The number of aromatic nitrogens is 1. The molecule has 0 aliphatic heterocycles. The van der Waals surface area contributed by atoms with Crippen LogP contribution in [0.25, 0.3) is 0 Å². The Morgan fingerprint density at radius 3 is 2.61 bits per heavy atom. The summed E-state index contributed by atoms with van der Waals surface area (Å²) in [5.74, 6) is 2.17. The van der Waals surface area contributed by atoms with E-state index >= 15 is 0 Å². The van der Waals surface area contributed by atoms with Crippen molar-refractivity contribution >= 4 is 5.84 Å². The smallest absolute Gasteiger partial charge is 0.141 e. The summed E-state index contributed by atoms with van der Waals surface area (Å²) in [6.07, 6.45) is 5.40. The maximum atomic E-state index is 7.38. The molecule has 0 spiro atoms. The van der Waals surface area contributed by atoms with Crippen LogP contribution in [0.5, 0.6) is 5.75 Å². The summed E-state index contributed by atoms with van der Waals surface area (Å²) in [6, 6.07) is 3.57. The largest absolute Gasteiger partial charge is 0.490 e. The number of nitrogen functional groups attached to an aromatic ring is 1. The van der Waals surface area contributed by atoms with Crippen LogP contribution in [0.4, 0.5) is 0 Å². The molecule has 0 bridgehead atoms. The van der Waals surface area contributed by atoms with Crippen LogP contribution in [-0.2, 0) is 0 Å². The van der Waals surface area contributed by atoms with Crippen molar-refractivity contribution in [2.45, 2.75) is 39.2 Å². The molecule has 2 unspecified atom stereocenters. The molecule has 1 fully saturated rings. The highest BCUT2D eigenvalue weighted by Gasteiger charge is 2.25. The topological polar surface area (TPSA) is 72.0 Å². The lowest BCUT2D eigenvalue weighted by Crippen LogP contribution is -2.28.